The molecule has 0 aromatic carbocycles. The Morgan fingerprint density at radius 1 is 1.17 bits per heavy atom. The molecule has 0 saturated carbocycles. The standard InChI is InChI=1S/C14H29NO3/c1-2-14(11-16,12-17)15-8-4-3-5-13-6-9-18-10-7-13/h13,15-17H,2-12H2,1H3. The first kappa shape index (κ1) is 15.9. The van der Waals surface area contributed by atoms with E-state index in [2.05, 4.69) is 5.32 Å². The first-order valence-corrected chi connectivity index (χ1v) is 7.31. The molecule has 4 heteroatoms. The molecule has 1 rings (SSSR count). The maximum absolute atomic E-state index is 9.30. The molecule has 0 aromatic rings. The average molecular weight is 259 g/mol. The monoisotopic (exact) mass is 259 g/mol. The number of hydrogen-bond acceptors (Lipinski definition) is 4. The van der Waals surface area contributed by atoms with Gasteiger partial charge in [-0.05, 0) is 38.1 Å². The first-order valence-electron chi connectivity index (χ1n) is 7.31. The normalized spacial score (nSPS) is 18.2. The van der Waals surface area contributed by atoms with Crippen LogP contribution in [0.5, 0.6) is 0 Å². The molecular formula is C14H29NO3. The lowest BCUT2D eigenvalue weighted by atomic mass is 9.94. The molecule has 1 saturated heterocycles. The second kappa shape index (κ2) is 8.86. The molecule has 0 spiro atoms. The zero-order chi connectivity index (χ0) is 13.3. The number of aliphatic hydroxyl groups excluding tert-OH is 2. The Morgan fingerprint density at radius 2 is 1.83 bits per heavy atom. The van der Waals surface area contributed by atoms with Crippen LogP contribution in [0.2, 0.25) is 0 Å². The minimum atomic E-state index is -0.487. The van der Waals surface area contributed by atoms with E-state index in [1.54, 1.807) is 0 Å². The van der Waals surface area contributed by atoms with Crippen LogP contribution in [0.25, 0.3) is 0 Å². The number of aliphatic hydroxyl groups is 2. The Morgan fingerprint density at radius 3 is 2.39 bits per heavy atom. The van der Waals surface area contributed by atoms with Crippen LogP contribution in [0.15, 0.2) is 0 Å². The van der Waals surface area contributed by atoms with Crippen LogP contribution in [0.1, 0.15) is 45.4 Å². The third kappa shape index (κ3) is 5.22. The van der Waals surface area contributed by atoms with E-state index in [0.29, 0.717) is 0 Å². The molecule has 0 aliphatic carbocycles. The second-order valence-electron chi connectivity index (χ2n) is 5.43. The van der Waals surface area contributed by atoms with Crippen molar-refractivity contribution in [2.75, 3.05) is 33.0 Å². The Bertz CT molecular complexity index is 193. The maximum Gasteiger partial charge on any atom is 0.0645 e. The second-order valence-corrected chi connectivity index (χ2v) is 5.43. The third-order valence-electron chi connectivity index (χ3n) is 4.16. The van der Waals surface area contributed by atoms with Gasteiger partial charge >= 0.3 is 0 Å². The molecule has 0 atom stereocenters. The highest BCUT2D eigenvalue weighted by atomic mass is 16.5. The highest BCUT2D eigenvalue weighted by Crippen LogP contribution is 2.20. The van der Waals surface area contributed by atoms with Gasteiger partial charge in [-0.1, -0.05) is 19.8 Å². The van der Waals surface area contributed by atoms with E-state index in [-0.39, 0.29) is 13.2 Å². The number of rotatable bonds is 9. The van der Waals surface area contributed by atoms with Crippen molar-refractivity contribution in [1.82, 2.24) is 5.32 Å². The van der Waals surface area contributed by atoms with E-state index in [9.17, 15) is 10.2 Å². The number of ether oxygens (including phenoxy) is 1. The molecule has 0 radical (unpaired) electrons. The van der Waals surface area contributed by atoms with E-state index in [1.807, 2.05) is 6.92 Å². The lowest BCUT2D eigenvalue weighted by molar-refractivity contribution is 0.0626. The summed E-state index contributed by atoms with van der Waals surface area (Å²) < 4.78 is 5.35. The van der Waals surface area contributed by atoms with Gasteiger partial charge < -0.3 is 20.3 Å². The van der Waals surface area contributed by atoms with Crippen LogP contribution < -0.4 is 5.32 Å². The fraction of sp³-hybridized carbons (Fsp3) is 1.00. The molecule has 0 aromatic heterocycles. The van der Waals surface area contributed by atoms with Crippen LogP contribution in [0, 0.1) is 5.92 Å². The van der Waals surface area contributed by atoms with E-state index in [0.717, 1.165) is 38.5 Å². The van der Waals surface area contributed by atoms with Crippen LogP contribution in [-0.2, 0) is 4.74 Å². The van der Waals surface area contributed by atoms with E-state index in [4.69, 9.17) is 4.74 Å². The summed E-state index contributed by atoms with van der Waals surface area (Å²) in [5, 5.41) is 21.9. The van der Waals surface area contributed by atoms with Gasteiger partial charge in [0.05, 0.1) is 18.8 Å². The summed E-state index contributed by atoms with van der Waals surface area (Å²) >= 11 is 0. The first-order chi connectivity index (χ1) is 8.76. The Hall–Kier alpha value is -0.160. The predicted octanol–water partition coefficient (Wildman–Crippen LogP) is 1.31. The van der Waals surface area contributed by atoms with Gasteiger partial charge in [-0.15, -0.1) is 0 Å². The van der Waals surface area contributed by atoms with Gasteiger partial charge in [-0.2, -0.15) is 0 Å². The number of unbranched alkanes of at least 4 members (excludes halogenated alkanes) is 1. The molecule has 0 unspecified atom stereocenters. The van der Waals surface area contributed by atoms with Crippen molar-refractivity contribution in [2.24, 2.45) is 5.92 Å². The van der Waals surface area contributed by atoms with Crippen molar-refractivity contribution in [1.29, 1.82) is 0 Å². The Balaban J connectivity index is 2.06. The highest BCUT2D eigenvalue weighted by molar-refractivity contribution is 4.85. The van der Waals surface area contributed by atoms with Gasteiger partial charge in [0.2, 0.25) is 0 Å². The van der Waals surface area contributed by atoms with Crippen molar-refractivity contribution in [3.63, 3.8) is 0 Å². The molecule has 1 aliphatic rings. The summed E-state index contributed by atoms with van der Waals surface area (Å²) in [4.78, 5) is 0. The summed E-state index contributed by atoms with van der Waals surface area (Å²) in [5.74, 6) is 0.838. The fourth-order valence-electron chi connectivity index (χ4n) is 2.46. The van der Waals surface area contributed by atoms with Crippen LogP contribution in [0.4, 0.5) is 0 Å². The summed E-state index contributed by atoms with van der Waals surface area (Å²) in [5.41, 5.74) is -0.487. The zero-order valence-corrected chi connectivity index (χ0v) is 11.7. The summed E-state index contributed by atoms with van der Waals surface area (Å²) in [6.45, 7) is 4.72. The Labute approximate surface area is 111 Å². The summed E-state index contributed by atoms with van der Waals surface area (Å²) in [7, 11) is 0. The van der Waals surface area contributed by atoms with Crippen molar-refractivity contribution >= 4 is 0 Å². The molecule has 1 aliphatic heterocycles. The molecule has 1 heterocycles. The minimum absolute atomic E-state index is 0.0000359. The molecule has 108 valence electrons. The average Bonchev–Trinajstić information content (AvgIpc) is 2.45. The largest absolute Gasteiger partial charge is 0.394 e. The van der Waals surface area contributed by atoms with Crippen LogP contribution >= 0.6 is 0 Å². The SMILES string of the molecule is CCC(CO)(CO)NCCCCC1CCOCC1. The van der Waals surface area contributed by atoms with Gasteiger partial charge in [0.15, 0.2) is 0 Å². The number of hydrogen-bond donors (Lipinski definition) is 3. The molecule has 0 bridgehead atoms. The molecule has 4 nitrogen and oxygen atoms in total. The van der Waals surface area contributed by atoms with Gasteiger partial charge in [0.1, 0.15) is 0 Å². The molecule has 1 fully saturated rings. The van der Waals surface area contributed by atoms with Gasteiger partial charge in [0, 0.05) is 13.2 Å². The van der Waals surface area contributed by atoms with Crippen LogP contribution in [0.3, 0.4) is 0 Å². The predicted molar refractivity (Wildman–Crippen MR) is 72.6 cm³/mol. The molecular weight excluding hydrogens is 230 g/mol. The smallest absolute Gasteiger partial charge is 0.0645 e. The van der Waals surface area contributed by atoms with E-state index < -0.39 is 5.54 Å². The quantitative estimate of drug-likeness (QED) is 0.546. The van der Waals surface area contributed by atoms with Crippen molar-refractivity contribution in [2.45, 2.75) is 51.0 Å². The van der Waals surface area contributed by atoms with Gasteiger partial charge in [-0.3, -0.25) is 0 Å². The van der Waals surface area contributed by atoms with Crippen molar-refractivity contribution in [3.8, 4) is 0 Å². The Kier molecular flexibility index (Phi) is 7.82. The molecule has 0 amide bonds. The maximum atomic E-state index is 9.30. The molecule has 3 N–H and O–H groups in total. The molecule has 18 heavy (non-hydrogen) atoms. The lowest BCUT2D eigenvalue weighted by Crippen LogP contribution is -2.51. The van der Waals surface area contributed by atoms with Crippen molar-refractivity contribution < 1.29 is 14.9 Å². The number of nitrogens with one attached hydrogen (secondary N) is 1. The van der Waals surface area contributed by atoms with E-state index in [1.165, 1.54) is 25.7 Å². The zero-order valence-electron chi connectivity index (χ0n) is 11.7. The third-order valence-corrected chi connectivity index (χ3v) is 4.16. The van der Waals surface area contributed by atoms with Crippen molar-refractivity contribution in [3.05, 3.63) is 0 Å². The fourth-order valence-corrected chi connectivity index (χ4v) is 2.46. The minimum Gasteiger partial charge on any atom is -0.394 e. The summed E-state index contributed by atoms with van der Waals surface area (Å²) in [6.07, 6.45) is 6.77. The highest BCUT2D eigenvalue weighted by Gasteiger charge is 2.25. The van der Waals surface area contributed by atoms with Gasteiger partial charge in [-0.25, -0.2) is 0 Å². The van der Waals surface area contributed by atoms with Gasteiger partial charge in [0.25, 0.3) is 0 Å². The topological polar surface area (TPSA) is 61.7 Å². The summed E-state index contributed by atoms with van der Waals surface area (Å²) in [6, 6.07) is 0. The van der Waals surface area contributed by atoms with Crippen LogP contribution in [-0.4, -0.2) is 48.7 Å². The van der Waals surface area contributed by atoms with E-state index >= 15 is 0 Å². The lowest BCUT2D eigenvalue weighted by Gasteiger charge is -2.30.